The van der Waals surface area contributed by atoms with Gasteiger partial charge in [0.2, 0.25) is 0 Å². The molecule has 2 heteroatoms. The summed E-state index contributed by atoms with van der Waals surface area (Å²) in [5, 5.41) is 0.807. The van der Waals surface area contributed by atoms with E-state index in [0.717, 1.165) is 11.4 Å². The molecule has 0 aliphatic heterocycles. The molecule has 0 radical (unpaired) electrons. The first-order chi connectivity index (χ1) is 6.09. The summed E-state index contributed by atoms with van der Waals surface area (Å²) in [6, 6.07) is 8.63. The zero-order valence-corrected chi connectivity index (χ0v) is 9.17. The Balaban J connectivity index is 2.59. The van der Waals surface area contributed by atoms with Crippen molar-refractivity contribution >= 4 is 11.6 Å². The van der Waals surface area contributed by atoms with E-state index < -0.39 is 0 Å². The minimum absolute atomic E-state index is 0.571. The second-order valence-electron chi connectivity index (χ2n) is 3.64. The molecular formula is C11H16ClN. The SMILES string of the molecule is CC(Cc1ccc(Cl)cc1)N(C)C. The number of hydrogen-bond donors (Lipinski definition) is 0. The standard InChI is InChI=1S/C11H16ClN/c1-9(13(2)3)8-10-4-6-11(12)7-5-10/h4-7,9H,8H2,1-3H3. The van der Waals surface area contributed by atoms with Gasteiger partial charge in [0.05, 0.1) is 0 Å². The molecule has 1 aromatic rings. The van der Waals surface area contributed by atoms with E-state index in [1.54, 1.807) is 0 Å². The average Bonchev–Trinajstić information content (AvgIpc) is 2.08. The predicted molar refractivity (Wildman–Crippen MR) is 58.3 cm³/mol. The Kier molecular flexibility index (Phi) is 3.76. The van der Waals surface area contributed by atoms with Gasteiger partial charge in [-0.1, -0.05) is 23.7 Å². The third-order valence-corrected chi connectivity index (χ3v) is 2.58. The van der Waals surface area contributed by atoms with Gasteiger partial charge < -0.3 is 4.90 Å². The molecule has 0 aliphatic rings. The van der Waals surface area contributed by atoms with Crippen molar-refractivity contribution in [3.63, 3.8) is 0 Å². The fourth-order valence-electron chi connectivity index (χ4n) is 1.14. The fourth-order valence-corrected chi connectivity index (χ4v) is 1.27. The van der Waals surface area contributed by atoms with Crippen molar-refractivity contribution in [2.75, 3.05) is 14.1 Å². The van der Waals surface area contributed by atoms with Crippen LogP contribution in [-0.4, -0.2) is 25.0 Å². The van der Waals surface area contributed by atoms with Gasteiger partial charge in [-0.05, 0) is 45.1 Å². The minimum Gasteiger partial charge on any atom is -0.306 e. The zero-order valence-electron chi connectivity index (χ0n) is 8.42. The quantitative estimate of drug-likeness (QED) is 0.721. The Labute approximate surface area is 85.3 Å². The summed E-state index contributed by atoms with van der Waals surface area (Å²) < 4.78 is 0. The third kappa shape index (κ3) is 3.37. The van der Waals surface area contributed by atoms with E-state index in [1.165, 1.54) is 5.56 Å². The normalized spacial score (nSPS) is 13.3. The lowest BCUT2D eigenvalue weighted by molar-refractivity contribution is 0.312. The molecular weight excluding hydrogens is 182 g/mol. The highest BCUT2D eigenvalue weighted by molar-refractivity contribution is 6.30. The molecule has 0 amide bonds. The molecule has 0 aromatic heterocycles. The van der Waals surface area contributed by atoms with Crippen LogP contribution in [0.3, 0.4) is 0 Å². The average molecular weight is 198 g/mol. The summed E-state index contributed by atoms with van der Waals surface area (Å²) in [6.07, 6.45) is 1.07. The number of hydrogen-bond acceptors (Lipinski definition) is 1. The molecule has 0 saturated carbocycles. The van der Waals surface area contributed by atoms with Crippen LogP contribution in [-0.2, 0) is 6.42 Å². The van der Waals surface area contributed by atoms with E-state index in [2.05, 4.69) is 38.1 Å². The van der Waals surface area contributed by atoms with Gasteiger partial charge >= 0.3 is 0 Å². The first kappa shape index (κ1) is 10.6. The number of nitrogens with zero attached hydrogens (tertiary/aromatic N) is 1. The molecule has 1 atom stereocenters. The molecule has 1 unspecified atom stereocenters. The maximum Gasteiger partial charge on any atom is 0.0406 e. The van der Waals surface area contributed by atoms with Crippen LogP contribution in [0.4, 0.5) is 0 Å². The van der Waals surface area contributed by atoms with Gasteiger partial charge in [0, 0.05) is 11.1 Å². The van der Waals surface area contributed by atoms with Crippen molar-refractivity contribution < 1.29 is 0 Å². The summed E-state index contributed by atoms with van der Waals surface area (Å²) in [5.74, 6) is 0. The molecule has 72 valence electrons. The Bertz CT molecular complexity index is 253. The van der Waals surface area contributed by atoms with E-state index in [9.17, 15) is 0 Å². The van der Waals surface area contributed by atoms with Crippen molar-refractivity contribution in [2.45, 2.75) is 19.4 Å². The summed E-state index contributed by atoms with van der Waals surface area (Å²) >= 11 is 5.80. The Morgan fingerprint density at radius 3 is 2.23 bits per heavy atom. The van der Waals surface area contributed by atoms with Gasteiger partial charge in [0.1, 0.15) is 0 Å². The highest BCUT2D eigenvalue weighted by atomic mass is 35.5. The van der Waals surface area contributed by atoms with Gasteiger partial charge in [-0.25, -0.2) is 0 Å². The monoisotopic (exact) mass is 197 g/mol. The topological polar surface area (TPSA) is 3.24 Å². The van der Waals surface area contributed by atoms with Gasteiger partial charge in [-0.3, -0.25) is 0 Å². The van der Waals surface area contributed by atoms with E-state index in [0.29, 0.717) is 6.04 Å². The Morgan fingerprint density at radius 1 is 1.23 bits per heavy atom. The second-order valence-corrected chi connectivity index (χ2v) is 4.08. The van der Waals surface area contributed by atoms with Crippen LogP contribution in [0.15, 0.2) is 24.3 Å². The summed E-state index contributed by atoms with van der Waals surface area (Å²) in [5.41, 5.74) is 1.34. The van der Waals surface area contributed by atoms with Crippen LogP contribution in [0.25, 0.3) is 0 Å². The number of halogens is 1. The molecule has 0 fully saturated rings. The fraction of sp³-hybridized carbons (Fsp3) is 0.455. The first-order valence-electron chi connectivity index (χ1n) is 4.50. The van der Waals surface area contributed by atoms with Crippen molar-refractivity contribution in [3.05, 3.63) is 34.9 Å². The summed E-state index contributed by atoms with van der Waals surface area (Å²) in [4.78, 5) is 2.22. The smallest absolute Gasteiger partial charge is 0.0406 e. The summed E-state index contributed by atoms with van der Waals surface area (Å²) in [6.45, 7) is 2.22. The van der Waals surface area contributed by atoms with Crippen LogP contribution >= 0.6 is 11.6 Å². The maximum absolute atomic E-state index is 5.80. The van der Waals surface area contributed by atoms with Crippen molar-refractivity contribution in [3.8, 4) is 0 Å². The predicted octanol–water partition coefficient (Wildman–Crippen LogP) is 2.83. The van der Waals surface area contributed by atoms with Crippen LogP contribution in [0.2, 0.25) is 5.02 Å². The number of likely N-dealkylation sites (N-methyl/N-ethyl adjacent to an activating group) is 1. The molecule has 0 heterocycles. The molecule has 0 N–H and O–H groups in total. The van der Waals surface area contributed by atoms with Crippen LogP contribution in [0.5, 0.6) is 0 Å². The Morgan fingerprint density at radius 2 is 1.77 bits per heavy atom. The van der Waals surface area contributed by atoms with Crippen LogP contribution < -0.4 is 0 Å². The molecule has 1 aromatic carbocycles. The van der Waals surface area contributed by atoms with Gasteiger partial charge in [-0.2, -0.15) is 0 Å². The first-order valence-corrected chi connectivity index (χ1v) is 4.88. The summed E-state index contributed by atoms with van der Waals surface area (Å²) in [7, 11) is 4.20. The second kappa shape index (κ2) is 4.64. The maximum atomic E-state index is 5.80. The largest absolute Gasteiger partial charge is 0.306 e. The lowest BCUT2D eigenvalue weighted by Gasteiger charge is -2.19. The van der Waals surface area contributed by atoms with Gasteiger partial charge in [-0.15, -0.1) is 0 Å². The molecule has 0 aliphatic carbocycles. The number of rotatable bonds is 3. The third-order valence-electron chi connectivity index (χ3n) is 2.33. The van der Waals surface area contributed by atoms with E-state index in [-0.39, 0.29) is 0 Å². The van der Waals surface area contributed by atoms with Crippen LogP contribution in [0, 0.1) is 0 Å². The lowest BCUT2D eigenvalue weighted by atomic mass is 10.1. The highest BCUT2D eigenvalue weighted by Gasteiger charge is 2.04. The number of benzene rings is 1. The van der Waals surface area contributed by atoms with Crippen molar-refractivity contribution in [2.24, 2.45) is 0 Å². The molecule has 1 nitrogen and oxygen atoms in total. The van der Waals surface area contributed by atoms with E-state index in [4.69, 9.17) is 11.6 Å². The van der Waals surface area contributed by atoms with E-state index >= 15 is 0 Å². The molecule has 0 saturated heterocycles. The van der Waals surface area contributed by atoms with E-state index in [1.807, 2.05) is 12.1 Å². The van der Waals surface area contributed by atoms with Crippen LogP contribution in [0.1, 0.15) is 12.5 Å². The highest BCUT2D eigenvalue weighted by Crippen LogP contribution is 2.11. The van der Waals surface area contributed by atoms with Crippen molar-refractivity contribution in [1.29, 1.82) is 0 Å². The van der Waals surface area contributed by atoms with Gasteiger partial charge in [0.15, 0.2) is 0 Å². The Hall–Kier alpha value is -0.530. The molecule has 0 spiro atoms. The molecule has 0 bridgehead atoms. The van der Waals surface area contributed by atoms with Crippen molar-refractivity contribution in [1.82, 2.24) is 4.90 Å². The zero-order chi connectivity index (χ0) is 9.84. The minimum atomic E-state index is 0.571. The molecule has 1 rings (SSSR count). The lowest BCUT2D eigenvalue weighted by Crippen LogP contribution is -2.26. The van der Waals surface area contributed by atoms with Gasteiger partial charge in [0.25, 0.3) is 0 Å². The molecule has 13 heavy (non-hydrogen) atoms.